The highest BCUT2D eigenvalue weighted by Crippen LogP contribution is 2.27. The molecule has 152 valence electrons. The average Bonchev–Trinajstić information content (AvgIpc) is 3.32. The van der Waals surface area contributed by atoms with Gasteiger partial charge in [0, 0.05) is 6.20 Å². The molecule has 0 amide bonds. The molecule has 28 heavy (non-hydrogen) atoms. The number of carbonyl (C=O) groups is 1. The van der Waals surface area contributed by atoms with Gasteiger partial charge in [0.25, 0.3) is 5.95 Å². The molecular formula is C18H26N6O3S. The molecular weight excluding hydrogens is 380 g/mol. The fraction of sp³-hybridized carbons (Fsp3) is 0.500. The Hall–Kier alpha value is -2.62. The zero-order valence-electron chi connectivity index (χ0n) is 16.5. The van der Waals surface area contributed by atoms with E-state index in [1.54, 1.807) is 20.2 Å². The molecule has 3 aromatic rings. The Kier molecular flexibility index (Phi) is 7.38. The van der Waals surface area contributed by atoms with Gasteiger partial charge < -0.3 is 9.47 Å². The zero-order valence-corrected chi connectivity index (χ0v) is 17.5. The van der Waals surface area contributed by atoms with Crippen LogP contribution in [0.2, 0.25) is 0 Å². The Morgan fingerprint density at radius 2 is 2.00 bits per heavy atom. The number of hydrogen-bond donors (Lipinski definition) is 0. The quantitative estimate of drug-likeness (QED) is 0.530. The van der Waals surface area contributed by atoms with Crippen LogP contribution in [0.25, 0.3) is 17.0 Å². The summed E-state index contributed by atoms with van der Waals surface area (Å²) in [7, 11) is 1.56. The lowest BCUT2D eigenvalue weighted by Crippen LogP contribution is -2.09. The van der Waals surface area contributed by atoms with Crippen molar-refractivity contribution >= 4 is 30.5 Å². The first-order valence-corrected chi connectivity index (χ1v) is 9.10. The minimum atomic E-state index is -0.436. The second-order valence-electron chi connectivity index (χ2n) is 6.24. The van der Waals surface area contributed by atoms with Crippen molar-refractivity contribution in [3.05, 3.63) is 24.2 Å². The second-order valence-corrected chi connectivity index (χ2v) is 6.24. The maximum Gasteiger partial charge on any atom is 0.341 e. The molecule has 0 aliphatic carbocycles. The summed E-state index contributed by atoms with van der Waals surface area (Å²) in [5, 5.41) is 8.64. The van der Waals surface area contributed by atoms with Crippen LogP contribution in [0.1, 0.15) is 56.4 Å². The van der Waals surface area contributed by atoms with Gasteiger partial charge in [0.05, 0.1) is 37.7 Å². The predicted octanol–water partition coefficient (Wildman–Crippen LogP) is 3.06. The minimum Gasteiger partial charge on any atom is -0.479 e. The van der Waals surface area contributed by atoms with Crippen LogP contribution in [0, 0.1) is 0 Å². The molecule has 0 N–H and O–H groups in total. The van der Waals surface area contributed by atoms with E-state index < -0.39 is 5.97 Å². The number of carbonyl (C=O) groups excluding carboxylic acids is 1. The number of hydrogen-bond acceptors (Lipinski definition) is 7. The number of ether oxygens (including phenoxy) is 2. The van der Waals surface area contributed by atoms with Crippen LogP contribution in [-0.4, -0.2) is 49.2 Å². The molecule has 0 aromatic carbocycles. The summed E-state index contributed by atoms with van der Waals surface area (Å²) in [6, 6.07) is 0.214. The fourth-order valence-electron chi connectivity index (χ4n) is 2.87. The van der Waals surface area contributed by atoms with Crippen LogP contribution in [0.3, 0.4) is 0 Å². The molecule has 0 radical (unpaired) electrons. The Labute approximate surface area is 170 Å². The monoisotopic (exact) mass is 406 g/mol. The fourth-order valence-corrected chi connectivity index (χ4v) is 2.87. The Bertz CT molecular complexity index is 939. The number of fused-ring (bicyclic) bond motifs is 1. The van der Waals surface area contributed by atoms with Crippen LogP contribution in [0.4, 0.5) is 0 Å². The van der Waals surface area contributed by atoms with Gasteiger partial charge >= 0.3 is 5.97 Å². The van der Waals surface area contributed by atoms with E-state index in [1.165, 1.54) is 17.1 Å². The Morgan fingerprint density at radius 1 is 1.21 bits per heavy atom. The molecule has 3 rings (SSSR count). The minimum absolute atomic E-state index is 0. The highest BCUT2D eigenvalue weighted by molar-refractivity contribution is 7.59. The third kappa shape index (κ3) is 4.27. The third-order valence-corrected chi connectivity index (χ3v) is 4.29. The average molecular weight is 407 g/mol. The van der Waals surface area contributed by atoms with Gasteiger partial charge in [-0.15, -0.1) is 0 Å². The third-order valence-electron chi connectivity index (χ3n) is 4.29. The largest absolute Gasteiger partial charge is 0.479 e. The lowest BCUT2D eigenvalue weighted by Gasteiger charge is -2.14. The molecule has 0 aliphatic rings. The number of nitrogens with zero attached hydrogens (tertiary/aromatic N) is 6. The lowest BCUT2D eigenvalue weighted by atomic mass is 10.1. The summed E-state index contributed by atoms with van der Waals surface area (Å²) >= 11 is 0. The van der Waals surface area contributed by atoms with Gasteiger partial charge in [-0.05, 0) is 20.3 Å². The standard InChI is InChI=1S/C18H24N6O3.H2S/c1-5-7-8-12(3)24-15-14(10-20-24)21-18(22-16(15)26-4)23-11-13(9-19-23)17(25)27-6-2;/h9-12H,5-8H2,1-4H3;1H2/t12-;/m0./s1. The lowest BCUT2D eigenvalue weighted by molar-refractivity contribution is 0.0526. The van der Waals surface area contributed by atoms with Gasteiger partial charge in [-0.2, -0.15) is 28.7 Å². The van der Waals surface area contributed by atoms with Gasteiger partial charge in [0.1, 0.15) is 11.0 Å². The molecule has 3 heterocycles. The molecule has 0 fully saturated rings. The van der Waals surface area contributed by atoms with E-state index in [4.69, 9.17) is 9.47 Å². The van der Waals surface area contributed by atoms with Gasteiger partial charge in [-0.3, -0.25) is 4.68 Å². The van der Waals surface area contributed by atoms with E-state index in [0.29, 0.717) is 29.5 Å². The first kappa shape index (κ1) is 21.7. The van der Waals surface area contributed by atoms with E-state index in [-0.39, 0.29) is 19.5 Å². The molecule has 0 saturated carbocycles. The van der Waals surface area contributed by atoms with Gasteiger partial charge in [0.2, 0.25) is 5.88 Å². The second kappa shape index (κ2) is 9.54. The molecule has 0 unspecified atom stereocenters. The van der Waals surface area contributed by atoms with Crippen molar-refractivity contribution < 1.29 is 14.3 Å². The summed E-state index contributed by atoms with van der Waals surface area (Å²) in [5.74, 6) is 0.286. The summed E-state index contributed by atoms with van der Waals surface area (Å²) in [6.45, 7) is 6.34. The molecule has 3 aromatic heterocycles. The molecule has 9 nitrogen and oxygen atoms in total. The van der Waals surface area contributed by atoms with E-state index in [9.17, 15) is 4.79 Å². The van der Waals surface area contributed by atoms with E-state index in [0.717, 1.165) is 24.8 Å². The van der Waals surface area contributed by atoms with Crippen molar-refractivity contribution in [1.29, 1.82) is 0 Å². The van der Waals surface area contributed by atoms with Crippen molar-refractivity contribution in [2.75, 3.05) is 13.7 Å². The zero-order chi connectivity index (χ0) is 19.4. The summed E-state index contributed by atoms with van der Waals surface area (Å²) in [5.41, 5.74) is 1.75. The molecule has 0 aliphatic heterocycles. The number of unbranched alkanes of at least 4 members (excludes halogenated alkanes) is 1. The van der Waals surface area contributed by atoms with Crippen molar-refractivity contribution in [2.45, 2.75) is 46.1 Å². The smallest absolute Gasteiger partial charge is 0.341 e. The number of aromatic nitrogens is 6. The molecule has 0 spiro atoms. The van der Waals surface area contributed by atoms with Crippen LogP contribution < -0.4 is 4.74 Å². The SMILES string of the molecule is CCCC[C@H](C)n1ncc2nc(-n3cc(C(=O)OCC)cn3)nc(OC)c21.S. The number of esters is 1. The number of rotatable bonds is 8. The van der Waals surface area contributed by atoms with E-state index >= 15 is 0 Å². The van der Waals surface area contributed by atoms with Crippen LogP contribution in [0.15, 0.2) is 18.6 Å². The predicted molar refractivity (Wildman–Crippen MR) is 110 cm³/mol. The van der Waals surface area contributed by atoms with Crippen molar-refractivity contribution in [2.24, 2.45) is 0 Å². The maximum atomic E-state index is 11.8. The number of methoxy groups -OCH3 is 1. The molecule has 1 atom stereocenters. The Balaban J connectivity index is 0.00000280. The van der Waals surface area contributed by atoms with Crippen LogP contribution in [-0.2, 0) is 4.74 Å². The maximum absolute atomic E-state index is 11.8. The van der Waals surface area contributed by atoms with E-state index in [2.05, 4.69) is 34.0 Å². The van der Waals surface area contributed by atoms with Gasteiger partial charge in [-0.25, -0.2) is 14.5 Å². The molecule has 10 heteroatoms. The van der Waals surface area contributed by atoms with Crippen LogP contribution in [0.5, 0.6) is 5.88 Å². The van der Waals surface area contributed by atoms with Crippen molar-refractivity contribution in [3.63, 3.8) is 0 Å². The normalized spacial score (nSPS) is 11.9. The van der Waals surface area contributed by atoms with E-state index in [1.807, 2.05) is 4.68 Å². The molecule has 0 saturated heterocycles. The Morgan fingerprint density at radius 3 is 2.68 bits per heavy atom. The van der Waals surface area contributed by atoms with Gasteiger partial charge in [0.15, 0.2) is 0 Å². The topological polar surface area (TPSA) is 97.0 Å². The first-order valence-electron chi connectivity index (χ1n) is 9.10. The highest BCUT2D eigenvalue weighted by Gasteiger charge is 2.19. The van der Waals surface area contributed by atoms with Crippen LogP contribution >= 0.6 is 13.5 Å². The summed E-state index contributed by atoms with van der Waals surface area (Å²) < 4.78 is 13.8. The highest BCUT2D eigenvalue weighted by atomic mass is 32.1. The first-order chi connectivity index (χ1) is 13.1. The molecule has 0 bridgehead atoms. The summed E-state index contributed by atoms with van der Waals surface area (Å²) in [6.07, 6.45) is 7.92. The van der Waals surface area contributed by atoms with Crippen molar-refractivity contribution in [3.8, 4) is 11.8 Å². The van der Waals surface area contributed by atoms with Gasteiger partial charge in [-0.1, -0.05) is 19.8 Å². The summed E-state index contributed by atoms with van der Waals surface area (Å²) in [4.78, 5) is 20.8. The van der Waals surface area contributed by atoms with Crippen molar-refractivity contribution in [1.82, 2.24) is 29.5 Å².